The van der Waals surface area contributed by atoms with Gasteiger partial charge in [0.25, 0.3) is 0 Å². The van der Waals surface area contributed by atoms with Crippen molar-refractivity contribution in [3.05, 3.63) is 18.2 Å². The first-order valence-corrected chi connectivity index (χ1v) is 7.00. The third-order valence-corrected chi connectivity index (χ3v) is 4.06. The van der Waals surface area contributed by atoms with Crippen LogP contribution in [0, 0.1) is 0 Å². The molecule has 1 saturated heterocycles. The Morgan fingerprint density at radius 3 is 2.94 bits per heavy atom. The van der Waals surface area contributed by atoms with Crippen molar-refractivity contribution in [3.63, 3.8) is 0 Å². The lowest BCUT2D eigenvalue weighted by molar-refractivity contribution is 0.272. The zero-order valence-electron chi connectivity index (χ0n) is 12.1. The minimum atomic E-state index is 0.477. The third kappa shape index (κ3) is 3.12. The molecule has 1 N–H and O–H groups in total. The molecule has 1 aromatic heterocycles. The molecule has 0 aliphatic carbocycles. The van der Waals surface area contributed by atoms with E-state index in [1.165, 1.54) is 25.0 Å². The van der Waals surface area contributed by atoms with Gasteiger partial charge in [0.2, 0.25) is 0 Å². The van der Waals surface area contributed by atoms with Gasteiger partial charge in [-0.3, -0.25) is 0 Å². The van der Waals surface area contributed by atoms with Crippen molar-refractivity contribution in [3.8, 4) is 0 Å². The quantitative estimate of drug-likeness (QED) is 0.887. The van der Waals surface area contributed by atoms with Crippen LogP contribution in [0.4, 0.5) is 0 Å². The molecule has 3 unspecified atom stereocenters. The summed E-state index contributed by atoms with van der Waals surface area (Å²) in [5, 5.41) is 3.69. The maximum atomic E-state index is 4.34. The summed E-state index contributed by atoms with van der Waals surface area (Å²) in [5.41, 5.74) is 1.34. The molecule has 18 heavy (non-hydrogen) atoms. The standard InChI is InChI=1S/C14H26N4/c1-11-6-5-7-13(16-11)14-8-15-10-18(14)9-12(2)17(3)4/h8,10-13,16H,5-7,9H2,1-4H3. The average Bonchev–Trinajstić information content (AvgIpc) is 2.77. The molecule has 0 aromatic carbocycles. The maximum Gasteiger partial charge on any atom is 0.0949 e. The average molecular weight is 250 g/mol. The summed E-state index contributed by atoms with van der Waals surface area (Å²) in [6.45, 7) is 5.53. The number of imidazole rings is 1. The van der Waals surface area contributed by atoms with Gasteiger partial charge in [0.15, 0.2) is 0 Å². The van der Waals surface area contributed by atoms with Gasteiger partial charge in [0, 0.05) is 30.9 Å². The minimum Gasteiger partial charge on any atom is -0.332 e. The molecule has 0 radical (unpaired) electrons. The lowest BCUT2D eigenvalue weighted by Gasteiger charge is -2.30. The highest BCUT2D eigenvalue weighted by atomic mass is 15.2. The van der Waals surface area contributed by atoms with Gasteiger partial charge >= 0.3 is 0 Å². The van der Waals surface area contributed by atoms with Gasteiger partial charge < -0.3 is 14.8 Å². The van der Waals surface area contributed by atoms with Gasteiger partial charge in [0.1, 0.15) is 0 Å². The highest BCUT2D eigenvalue weighted by Gasteiger charge is 2.22. The molecule has 1 aliphatic heterocycles. The predicted octanol–water partition coefficient (Wildman–Crippen LogP) is 2.04. The van der Waals surface area contributed by atoms with Gasteiger partial charge in [-0.1, -0.05) is 0 Å². The smallest absolute Gasteiger partial charge is 0.0949 e. The summed E-state index contributed by atoms with van der Waals surface area (Å²) in [7, 11) is 4.25. The van der Waals surface area contributed by atoms with Crippen LogP contribution in [0.15, 0.2) is 12.5 Å². The van der Waals surface area contributed by atoms with Crippen LogP contribution in [0.25, 0.3) is 0 Å². The minimum absolute atomic E-state index is 0.477. The van der Waals surface area contributed by atoms with Crippen LogP contribution in [0.3, 0.4) is 0 Å². The lowest BCUT2D eigenvalue weighted by Crippen LogP contribution is -2.36. The Morgan fingerprint density at radius 1 is 1.50 bits per heavy atom. The van der Waals surface area contributed by atoms with E-state index in [2.05, 4.69) is 47.7 Å². The summed E-state index contributed by atoms with van der Waals surface area (Å²) in [6.07, 6.45) is 7.83. The van der Waals surface area contributed by atoms with E-state index in [0.717, 1.165) is 6.54 Å². The highest BCUT2D eigenvalue weighted by molar-refractivity contribution is 5.07. The van der Waals surface area contributed by atoms with Crippen molar-refractivity contribution in [2.75, 3.05) is 14.1 Å². The van der Waals surface area contributed by atoms with Crippen LogP contribution in [0.2, 0.25) is 0 Å². The van der Waals surface area contributed by atoms with Gasteiger partial charge in [-0.15, -0.1) is 0 Å². The topological polar surface area (TPSA) is 33.1 Å². The Labute approximate surface area is 110 Å². The molecule has 102 valence electrons. The summed E-state index contributed by atoms with van der Waals surface area (Å²) >= 11 is 0. The largest absolute Gasteiger partial charge is 0.332 e. The molecule has 1 aromatic rings. The monoisotopic (exact) mass is 250 g/mol. The Morgan fingerprint density at radius 2 is 2.28 bits per heavy atom. The number of hydrogen-bond acceptors (Lipinski definition) is 3. The first kappa shape index (κ1) is 13.6. The van der Waals surface area contributed by atoms with Crippen LogP contribution >= 0.6 is 0 Å². The Hall–Kier alpha value is -0.870. The number of piperidine rings is 1. The molecule has 1 aliphatic rings. The van der Waals surface area contributed by atoms with Crippen LogP contribution < -0.4 is 5.32 Å². The Kier molecular flexibility index (Phi) is 4.40. The van der Waals surface area contributed by atoms with Crippen LogP contribution in [-0.2, 0) is 6.54 Å². The number of nitrogens with zero attached hydrogens (tertiary/aromatic N) is 3. The second kappa shape index (κ2) is 5.85. The molecule has 0 saturated carbocycles. The third-order valence-electron chi connectivity index (χ3n) is 4.06. The van der Waals surface area contributed by atoms with Gasteiger partial charge in [0.05, 0.1) is 12.0 Å². The zero-order valence-corrected chi connectivity index (χ0v) is 12.1. The van der Waals surface area contributed by atoms with Gasteiger partial charge in [-0.25, -0.2) is 4.98 Å². The molecule has 1 fully saturated rings. The van der Waals surface area contributed by atoms with Gasteiger partial charge in [-0.2, -0.15) is 0 Å². The number of rotatable bonds is 4. The zero-order chi connectivity index (χ0) is 13.1. The van der Waals surface area contributed by atoms with Crippen molar-refractivity contribution in [2.45, 2.75) is 57.8 Å². The molecule has 2 rings (SSSR count). The number of nitrogens with one attached hydrogen (secondary N) is 1. The summed E-state index contributed by atoms with van der Waals surface area (Å²) in [4.78, 5) is 6.59. The van der Waals surface area contributed by atoms with E-state index in [0.29, 0.717) is 18.1 Å². The normalized spacial score (nSPS) is 26.5. The first-order chi connectivity index (χ1) is 8.58. The molecule has 4 heteroatoms. The van der Waals surface area contributed by atoms with Crippen molar-refractivity contribution in [2.24, 2.45) is 0 Å². The number of aromatic nitrogens is 2. The van der Waals surface area contributed by atoms with E-state index >= 15 is 0 Å². The predicted molar refractivity (Wildman–Crippen MR) is 74.6 cm³/mol. The maximum absolute atomic E-state index is 4.34. The van der Waals surface area contributed by atoms with Crippen molar-refractivity contribution < 1.29 is 0 Å². The Balaban J connectivity index is 2.07. The number of hydrogen-bond donors (Lipinski definition) is 1. The fourth-order valence-electron chi connectivity index (χ4n) is 2.59. The van der Waals surface area contributed by atoms with Crippen LogP contribution in [0.5, 0.6) is 0 Å². The van der Waals surface area contributed by atoms with E-state index in [4.69, 9.17) is 0 Å². The molecular formula is C14H26N4. The summed E-state index contributed by atoms with van der Waals surface area (Å²) in [5.74, 6) is 0. The molecule has 3 atom stereocenters. The Bertz CT molecular complexity index is 372. The first-order valence-electron chi connectivity index (χ1n) is 7.00. The van der Waals surface area contributed by atoms with Crippen LogP contribution in [-0.4, -0.2) is 40.6 Å². The van der Waals surface area contributed by atoms with Gasteiger partial charge in [-0.05, 0) is 47.2 Å². The van der Waals surface area contributed by atoms with Crippen molar-refractivity contribution in [1.82, 2.24) is 19.8 Å². The molecule has 4 nitrogen and oxygen atoms in total. The SMILES string of the molecule is CC1CCCC(c2cncn2CC(C)N(C)C)N1. The van der Waals surface area contributed by atoms with E-state index in [9.17, 15) is 0 Å². The van der Waals surface area contributed by atoms with Crippen molar-refractivity contribution >= 4 is 0 Å². The second-order valence-corrected chi connectivity index (χ2v) is 5.83. The van der Waals surface area contributed by atoms with E-state index in [-0.39, 0.29) is 0 Å². The molecular weight excluding hydrogens is 224 g/mol. The molecule has 0 bridgehead atoms. The molecule has 0 amide bonds. The number of likely N-dealkylation sites (N-methyl/N-ethyl adjacent to an activating group) is 1. The summed E-state index contributed by atoms with van der Waals surface area (Å²) < 4.78 is 2.31. The van der Waals surface area contributed by atoms with E-state index in [1.807, 2.05) is 12.5 Å². The summed E-state index contributed by atoms with van der Waals surface area (Å²) in [6, 6.07) is 1.63. The van der Waals surface area contributed by atoms with E-state index in [1.54, 1.807) is 0 Å². The van der Waals surface area contributed by atoms with Crippen molar-refractivity contribution in [1.29, 1.82) is 0 Å². The second-order valence-electron chi connectivity index (χ2n) is 5.83. The molecule has 0 spiro atoms. The fraction of sp³-hybridized carbons (Fsp3) is 0.786. The lowest BCUT2D eigenvalue weighted by atomic mass is 9.97. The van der Waals surface area contributed by atoms with E-state index < -0.39 is 0 Å². The van der Waals surface area contributed by atoms with Crippen LogP contribution in [0.1, 0.15) is 44.8 Å². The molecule has 2 heterocycles. The fourth-order valence-corrected chi connectivity index (χ4v) is 2.59. The highest BCUT2D eigenvalue weighted by Crippen LogP contribution is 2.25.